The zero-order valence-electron chi connectivity index (χ0n) is 26.6. The third kappa shape index (κ3) is 7.54. The molecule has 0 aromatic heterocycles. The van der Waals surface area contributed by atoms with Crippen LogP contribution in [-0.4, -0.2) is 67.2 Å². The lowest BCUT2D eigenvalue weighted by Gasteiger charge is -2.41. The highest BCUT2D eigenvalue weighted by atomic mass is 19.4. The first kappa shape index (κ1) is 33.8. The predicted octanol–water partition coefficient (Wildman–Crippen LogP) is 5.74. The second-order valence-corrected chi connectivity index (χ2v) is 12.1. The van der Waals surface area contributed by atoms with Crippen LogP contribution in [0.15, 0.2) is 72.8 Å². The highest BCUT2D eigenvalue weighted by molar-refractivity contribution is 6.05. The number of fused-ring (bicyclic) bond motifs is 1. The van der Waals surface area contributed by atoms with Gasteiger partial charge in [0.15, 0.2) is 5.60 Å². The minimum Gasteiger partial charge on any atom is -0.476 e. The van der Waals surface area contributed by atoms with Crippen molar-refractivity contribution in [3.8, 4) is 5.75 Å². The van der Waals surface area contributed by atoms with Crippen LogP contribution < -0.4 is 20.3 Å². The zero-order valence-corrected chi connectivity index (χ0v) is 26.6. The number of piperidine rings is 1. The summed E-state index contributed by atoms with van der Waals surface area (Å²) in [6, 6.07) is 20.2. The lowest BCUT2D eigenvalue weighted by molar-refractivity contribution is -0.138. The molecule has 250 valence electrons. The van der Waals surface area contributed by atoms with Crippen molar-refractivity contribution >= 4 is 23.6 Å². The van der Waals surface area contributed by atoms with Gasteiger partial charge < -0.3 is 29.9 Å². The van der Waals surface area contributed by atoms with Gasteiger partial charge in [-0.3, -0.25) is 9.59 Å². The fourth-order valence-corrected chi connectivity index (χ4v) is 6.23. The topological polar surface area (TPSA) is 100 Å². The first-order valence-corrected chi connectivity index (χ1v) is 15.7. The molecular weight excluding hydrogens is 613 g/mol. The van der Waals surface area contributed by atoms with Crippen LogP contribution in [-0.2, 0) is 22.3 Å². The number of nitrogens with zero attached hydrogens (tertiary/aromatic N) is 2. The molecule has 0 spiro atoms. The van der Waals surface area contributed by atoms with Gasteiger partial charge in [0.25, 0.3) is 11.8 Å². The number of benzene rings is 3. The van der Waals surface area contributed by atoms with Crippen LogP contribution >= 0.6 is 0 Å². The first-order chi connectivity index (χ1) is 22.4. The highest BCUT2D eigenvalue weighted by Gasteiger charge is 2.45. The Labute approximate surface area is 272 Å². The smallest absolute Gasteiger partial charge is 0.417 e. The quantitative estimate of drug-likeness (QED) is 0.306. The number of anilines is 1. The molecule has 3 aromatic rings. The van der Waals surface area contributed by atoms with Gasteiger partial charge in [0.05, 0.1) is 22.9 Å². The molecule has 9 nitrogen and oxygen atoms in total. The number of ether oxygens (including phenoxy) is 2. The van der Waals surface area contributed by atoms with Gasteiger partial charge in [0, 0.05) is 32.1 Å². The summed E-state index contributed by atoms with van der Waals surface area (Å²) in [7, 11) is 0. The van der Waals surface area contributed by atoms with Crippen LogP contribution in [0.3, 0.4) is 0 Å². The molecule has 0 saturated carbocycles. The lowest BCUT2D eigenvalue weighted by atomic mass is 9.84. The van der Waals surface area contributed by atoms with Gasteiger partial charge in [-0.25, -0.2) is 4.79 Å². The molecule has 12 heteroatoms. The number of carbonyl (C=O) groups is 3. The fraction of sp³-hybridized carbons (Fsp3) is 0.400. The highest BCUT2D eigenvalue weighted by Crippen LogP contribution is 2.44. The van der Waals surface area contributed by atoms with Crippen molar-refractivity contribution in [1.82, 2.24) is 15.5 Å². The molecule has 1 fully saturated rings. The Morgan fingerprint density at radius 2 is 1.77 bits per heavy atom. The molecule has 2 aliphatic heterocycles. The SMILES string of the molecule is CCN(C(=O)c1cc2c(cc1C(F)(F)F)OC(C)(C)C(=O)N2CCNC(=O)OCc1ccccc1)[C@H]1CNCC[C@@H]1c1ccccc1. The van der Waals surface area contributed by atoms with Crippen molar-refractivity contribution in [2.75, 3.05) is 37.6 Å². The molecule has 3 aromatic carbocycles. The van der Waals surface area contributed by atoms with E-state index in [1.54, 1.807) is 19.1 Å². The van der Waals surface area contributed by atoms with Crippen LogP contribution in [0.1, 0.15) is 60.2 Å². The third-order valence-corrected chi connectivity index (χ3v) is 8.55. The number of nitrogens with one attached hydrogen (secondary N) is 2. The van der Waals surface area contributed by atoms with Crippen molar-refractivity contribution in [3.63, 3.8) is 0 Å². The van der Waals surface area contributed by atoms with Crippen LogP contribution in [0.5, 0.6) is 5.75 Å². The normalized spacial score (nSPS) is 18.9. The molecule has 1 saturated heterocycles. The largest absolute Gasteiger partial charge is 0.476 e. The molecule has 2 heterocycles. The molecule has 47 heavy (non-hydrogen) atoms. The third-order valence-electron chi connectivity index (χ3n) is 8.55. The Hall–Kier alpha value is -4.58. The van der Waals surface area contributed by atoms with E-state index in [0.717, 1.165) is 23.3 Å². The monoisotopic (exact) mass is 652 g/mol. The Morgan fingerprint density at radius 1 is 1.09 bits per heavy atom. The Kier molecular flexibility index (Phi) is 10.1. The minimum atomic E-state index is -4.88. The second kappa shape index (κ2) is 14.0. The second-order valence-electron chi connectivity index (χ2n) is 12.1. The number of hydrogen-bond acceptors (Lipinski definition) is 6. The molecular formula is C35H39F3N4O5. The number of carbonyl (C=O) groups excluding carboxylic acids is 3. The summed E-state index contributed by atoms with van der Waals surface area (Å²) in [5.74, 6) is -1.59. The van der Waals surface area contributed by atoms with E-state index < -0.39 is 46.9 Å². The van der Waals surface area contributed by atoms with Gasteiger partial charge in [0.2, 0.25) is 0 Å². The first-order valence-electron chi connectivity index (χ1n) is 15.7. The van der Waals surface area contributed by atoms with Crippen molar-refractivity contribution in [2.45, 2.75) is 57.5 Å². The van der Waals surface area contributed by atoms with Crippen LogP contribution in [0, 0.1) is 0 Å². The van der Waals surface area contributed by atoms with Crippen LogP contribution in [0.4, 0.5) is 23.7 Å². The number of amides is 3. The maximum absolute atomic E-state index is 14.6. The van der Waals surface area contributed by atoms with E-state index in [2.05, 4.69) is 10.6 Å². The van der Waals surface area contributed by atoms with Gasteiger partial charge in [-0.15, -0.1) is 0 Å². The molecule has 3 amide bonds. The molecule has 2 aliphatic rings. The molecule has 5 rings (SSSR count). The summed E-state index contributed by atoms with van der Waals surface area (Å²) in [4.78, 5) is 42.8. The standard InChI is InChI=1S/C35H39F3N4O5/c1-4-41(29-21-39-16-15-25(29)24-13-9-6-10-14-24)31(43)26-19-28-30(20-27(26)35(36,37)38)47-34(2,3)32(44)42(28)18-17-40-33(45)46-22-23-11-7-5-8-12-23/h5-14,19-20,25,29,39H,4,15-18,21-22H2,1-3H3,(H,40,45)/t25-,29+/m1/s1. The summed E-state index contributed by atoms with van der Waals surface area (Å²) in [5, 5.41) is 5.87. The Balaban J connectivity index is 1.44. The number of halogens is 3. The van der Waals surface area contributed by atoms with E-state index in [4.69, 9.17) is 9.47 Å². The van der Waals surface area contributed by atoms with Crippen LogP contribution in [0.25, 0.3) is 0 Å². The minimum absolute atomic E-state index is 0.0163. The maximum atomic E-state index is 14.6. The van der Waals surface area contributed by atoms with E-state index in [0.29, 0.717) is 19.5 Å². The molecule has 0 aliphatic carbocycles. The predicted molar refractivity (Wildman–Crippen MR) is 170 cm³/mol. The number of hydrogen-bond donors (Lipinski definition) is 2. The average molecular weight is 653 g/mol. The zero-order chi connectivity index (χ0) is 33.8. The molecule has 2 N–H and O–H groups in total. The van der Waals surface area contributed by atoms with Crippen molar-refractivity contribution in [2.24, 2.45) is 0 Å². The Morgan fingerprint density at radius 3 is 2.43 bits per heavy atom. The van der Waals surface area contributed by atoms with Gasteiger partial charge in [-0.05, 0) is 57.0 Å². The number of likely N-dealkylation sites (N-methyl/N-ethyl adjacent to an activating group) is 1. The average Bonchev–Trinajstić information content (AvgIpc) is 3.06. The molecule has 0 radical (unpaired) electrons. The van der Waals surface area contributed by atoms with Crippen molar-refractivity contribution in [3.05, 3.63) is 95.1 Å². The maximum Gasteiger partial charge on any atom is 0.417 e. The van der Waals surface area contributed by atoms with E-state index in [1.165, 1.54) is 23.6 Å². The summed E-state index contributed by atoms with van der Waals surface area (Å²) in [6.07, 6.45) is -4.89. The number of alkyl carbamates (subject to hydrolysis) is 1. The lowest BCUT2D eigenvalue weighted by Crippen LogP contribution is -2.54. The van der Waals surface area contributed by atoms with Gasteiger partial charge in [-0.2, -0.15) is 13.2 Å². The fourth-order valence-electron chi connectivity index (χ4n) is 6.23. The van der Waals surface area contributed by atoms with Gasteiger partial charge in [-0.1, -0.05) is 60.7 Å². The Bertz CT molecular complexity index is 1580. The summed E-state index contributed by atoms with van der Waals surface area (Å²) >= 11 is 0. The van der Waals surface area contributed by atoms with E-state index in [9.17, 15) is 27.6 Å². The number of alkyl halides is 3. The molecule has 2 atom stereocenters. The summed E-state index contributed by atoms with van der Waals surface area (Å²) < 4.78 is 54.8. The molecule has 0 bridgehead atoms. The van der Waals surface area contributed by atoms with Crippen molar-refractivity contribution in [1.29, 1.82) is 0 Å². The summed E-state index contributed by atoms with van der Waals surface area (Å²) in [6.45, 7) is 5.83. The van der Waals surface area contributed by atoms with E-state index >= 15 is 0 Å². The summed E-state index contributed by atoms with van der Waals surface area (Å²) in [5.41, 5.74) is -1.41. The van der Waals surface area contributed by atoms with Gasteiger partial charge in [0.1, 0.15) is 12.4 Å². The number of rotatable bonds is 9. The van der Waals surface area contributed by atoms with Crippen LogP contribution in [0.2, 0.25) is 0 Å². The van der Waals surface area contributed by atoms with Gasteiger partial charge >= 0.3 is 12.3 Å². The van der Waals surface area contributed by atoms with Crippen molar-refractivity contribution < 1.29 is 37.0 Å². The van der Waals surface area contributed by atoms with E-state index in [-0.39, 0.29) is 43.6 Å². The molecule has 0 unspecified atom stereocenters. The van der Waals surface area contributed by atoms with E-state index in [1.807, 2.05) is 48.5 Å².